The second-order valence-electron chi connectivity index (χ2n) is 3.71. The first-order valence-electron chi connectivity index (χ1n) is 5.10. The summed E-state index contributed by atoms with van der Waals surface area (Å²) in [5.41, 5.74) is 2.05. The summed E-state index contributed by atoms with van der Waals surface area (Å²) in [5.74, 6) is 0. The van der Waals surface area contributed by atoms with Gasteiger partial charge in [-0.15, -0.1) is 0 Å². The number of aromatic nitrogens is 1. The van der Waals surface area contributed by atoms with Crippen LogP contribution in [0.15, 0.2) is 24.4 Å². The molecule has 3 heteroatoms. The first kappa shape index (κ1) is 10.5. The molecule has 2 rings (SSSR count). The summed E-state index contributed by atoms with van der Waals surface area (Å²) in [6.07, 6.45) is 1.55. The number of aliphatic hydroxyl groups excluding tert-OH is 1. The van der Waals surface area contributed by atoms with E-state index in [1.54, 1.807) is 6.92 Å². The number of halogens is 1. The summed E-state index contributed by atoms with van der Waals surface area (Å²) in [7, 11) is 0. The van der Waals surface area contributed by atoms with E-state index in [1.165, 1.54) is 0 Å². The van der Waals surface area contributed by atoms with E-state index in [-0.39, 0.29) is 0 Å². The maximum atomic E-state index is 9.65. The van der Waals surface area contributed by atoms with Crippen molar-refractivity contribution < 1.29 is 5.11 Å². The van der Waals surface area contributed by atoms with Crippen LogP contribution in [-0.4, -0.2) is 9.67 Å². The number of hydrogen-bond acceptors (Lipinski definition) is 1. The third kappa shape index (κ3) is 1.75. The van der Waals surface area contributed by atoms with Crippen molar-refractivity contribution in [3.63, 3.8) is 0 Å². The molecule has 0 fully saturated rings. The lowest BCUT2D eigenvalue weighted by atomic mass is 10.1. The van der Waals surface area contributed by atoms with Gasteiger partial charge in [-0.05, 0) is 26.0 Å². The maximum Gasteiger partial charge on any atom is 0.0782 e. The zero-order valence-electron chi connectivity index (χ0n) is 8.87. The number of hydrogen-bond donors (Lipinski definition) is 1. The van der Waals surface area contributed by atoms with E-state index >= 15 is 0 Å². The van der Waals surface area contributed by atoms with Crippen LogP contribution in [0.2, 0.25) is 5.02 Å². The lowest BCUT2D eigenvalue weighted by molar-refractivity contribution is 0.200. The van der Waals surface area contributed by atoms with E-state index in [0.29, 0.717) is 0 Å². The van der Waals surface area contributed by atoms with Gasteiger partial charge in [-0.2, -0.15) is 0 Å². The molecule has 1 unspecified atom stereocenters. The van der Waals surface area contributed by atoms with Gasteiger partial charge in [0.15, 0.2) is 0 Å². The number of rotatable bonds is 2. The largest absolute Gasteiger partial charge is 0.389 e. The highest BCUT2D eigenvalue weighted by molar-refractivity contribution is 6.31. The summed E-state index contributed by atoms with van der Waals surface area (Å²) in [6, 6.07) is 5.76. The molecule has 1 aromatic carbocycles. The zero-order chi connectivity index (χ0) is 11.0. The second-order valence-corrected chi connectivity index (χ2v) is 4.14. The van der Waals surface area contributed by atoms with Crippen molar-refractivity contribution in [2.45, 2.75) is 26.5 Å². The van der Waals surface area contributed by atoms with Crippen LogP contribution in [0.1, 0.15) is 25.5 Å². The van der Waals surface area contributed by atoms with Crippen molar-refractivity contribution in [3.05, 3.63) is 35.0 Å². The Kier molecular flexibility index (Phi) is 2.72. The minimum atomic E-state index is -0.443. The normalized spacial score (nSPS) is 13.3. The molecule has 1 atom stereocenters. The summed E-state index contributed by atoms with van der Waals surface area (Å²) < 4.78 is 2.10. The fraction of sp³-hybridized carbons (Fsp3) is 0.333. The molecule has 2 nitrogen and oxygen atoms in total. The Balaban J connectivity index is 2.75. The summed E-state index contributed by atoms with van der Waals surface area (Å²) in [5, 5.41) is 11.5. The summed E-state index contributed by atoms with van der Waals surface area (Å²) in [6.45, 7) is 4.74. The van der Waals surface area contributed by atoms with Gasteiger partial charge in [-0.3, -0.25) is 0 Å². The molecule has 80 valence electrons. The fourth-order valence-corrected chi connectivity index (χ4v) is 2.05. The molecule has 15 heavy (non-hydrogen) atoms. The monoisotopic (exact) mass is 223 g/mol. The highest BCUT2D eigenvalue weighted by atomic mass is 35.5. The lowest BCUT2D eigenvalue weighted by Crippen LogP contribution is -1.91. The highest BCUT2D eigenvalue weighted by Crippen LogP contribution is 2.28. The van der Waals surface area contributed by atoms with Gasteiger partial charge in [0.05, 0.1) is 6.10 Å². The van der Waals surface area contributed by atoms with Gasteiger partial charge < -0.3 is 9.67 Å². The molecule has 2 aromatic rings. The molecule has 0 radical (unpaired) electrons. The van der Waals surface area contributed by atoms with Crippen molar-refractivity contribution in [1.29, 1.82) is 0 Å². The number of aliphatic hydroxyl groups is 1. The molecule has 0 aliphatic carbocycles. The maximum absolute atomic E-state index is 9.65. The Morgan fingerprint density at radius 3 is 2.80 bits per heavy atom. The quantitative estimate of drug-likeness (QED) is 0.830. The molecular formula is C12H14ClNO. The Labute approximate surface area is 94.1 Å². The Morgan fingerprint density at radius 2 is 2.20 bits per heavy atom. The van der Waals surface area contributed by atoms with E-state index in [2.05, 4.69) is 11.5 Å². The van der Waals surface area contributed by atoms with E-state index < -0.39 is 6.10 Å². The molecule has 0 saturated carbocycles. The van der Waals surface area contributed by atoms with Gasteiger partial charge >= 0.3 is 0 Å². The van der Waals surface area contributed by atoms with E-state index in [1.807, 2.05) is 24.4 Å². The zero-order valence-corrected chi connectivity index (χ0v) is 9.62. The first-order valence-corrected chi connectivity index (χ1v) is 5.47. The molecule has 0 aliphatic heterocycles. The Morgan fingerprint density at radius 1 is 1.47 bits per heavy atom. The van der Waals surface area contributed by atoms with Gasteiger partial charge in [0.2, 0.25) is 0 Å². The third-order valence-electron chi connectivity index (χ3n) is 2.67. The van der Waals surface area contributed by atoms with Crippen LogP contribution in [0.25, 0.3) is 10.9 Å². The molecular weight excluding hydrogens is 210 g/mol. The first-order chi connectivity index (χ1) is 7.13. The number of fused-ring (bicyclic) bond motifs is 1. The summed E-state index contributed by atoms with van der Waals surface area (Å²) >= 11 is 5.96. The lowest BCUT2D eigenvalue weighted by Gasteiger charge is -2.01. The van der Waals surface area contributed by atoms with Gasteiger partial charge in [0.25, 0.3) is 0 Å². The number of nitrogens with zero attached hydrogens (tertiary/aromatic N) is 1. The molecule has 0 bridgehead atoms. The highest BCUT2D eigenvalue weighted by Gasteiger charge is 2.11. The van der Waals surface area contributed by atoms with E-state index in [9.17, 15) is 5.11 Å². The minimum Gasteiger partial charge on any atom is -0.389 e. The van der Waals surface area contributed by atoms with Crippen molar-refractivity contribution in [2.24, 2.45) is 0 Å². The Bertz CT molecular complexity index is 488. The van der Waals surface area contributed by atoms with Crippen molar-refractivity contribution in [1.82, 2.24) is 4.57 Å². The van der Waals surface area contributed by atoms with Crippen LogP contribution in [0.3, 0.4) is 0 Å². The van der Waals surface area contributed by atoms with Gasteiger partial charge in [-0.1, -0.05) is 17.7 Å². The van der Waals surface area contributed by atoms with Crippen LogP contribution in [0.5, 0.6) is 0 Å². The molecule has 0 spiro atoms. The van der Waals surface area contributed by atoms with Crippen LogP contribution >= 0.6 is 11.6 Å². The van der Waals surface area contributed by atoms with E-state index in [0.717, 1.165) is 28.0 Å². The summed E-state index contributed by atoms with van der Waals surface area (Å²) in [4.78, 5) is 0. The third-order valence-corrected chi connectivity index (χ3v) is 2.90. The van der Waals surface area contributed by atoms with Crippen molar-refractivity contribution in [2.75, 3.05) is 0 Å². The predicted octanol–water partition coefficient (Wildman–Crippen LogP) is 3.37. The molecule has 1 aromatic heterocycles. The van der Waals surface area contributed by atoms with Gasteiger partial charge in [0, 0.05) is 34.2 Å². The SMILES string of the molecule is CCn1cc(C(C)O)c2ccc(Cl)cc21. The minimum absolute atomic E-state index is 0.443. The fourth-order valence-electron chi connectivity index (χ4n) is 1.89. The number of benzene rings is 1. The topological polar surface area (TPSA) is 25.2 Å². The van der Waals surface area contributed by atoms with Crippen LogP contribution < -0.4 is 0 Å². The van der Waals surface area contributed by atoms with Crippen molar-refractivity contribution in [3.8, 4) is 0 Å². The van der Waals surface area contributed by atoms with Crippen LogP contribution in [0, 0.1) is 0 Å². The molecule has 0 aliphatic rings. The predicted molar refractivity (Wildman–Crippen MR) is 63.3 cm³/mol. The van der Waals surface area contributed by atoms with Crippen LogP contribution in [0.4, 0.5) is 0 Å². The van der Waals surface area contributed by atoms with Crippen LogP contribution in [-0.2, 0) is 6.54 Å². The molecule has 1 N–H and O–H groups in total. The van der Waals surface area contributed by atoms with Crippen molar-refractivity contribution >= 4 is 22.5 Å². The molecule has 0 saturated heterocycles. The molecule has 1 heterocycles. The standard InChI is InChI=1S/C12H14ClNO/c1-3-14-7-11(8(2)15)10-5-4-9(13)6-12(10)14/h4-8,15H,3H2,1-2H3. The van der Waals surface area contributed by atoms with Gasteiger partial charge in [0.1, 0.15) is 0 Å². The second kappa shape index (κ2) is 3.87. The average Bonchev–Trinajstić information content (AvgIpc) is 2.55. The Hall–Kier alpha value is -0.990. The van der Waals surface area contributed by atoms with E-state index in [4.69, 9.17) is 11.6 Å². The average molecular weight is 224 g/mol. The van der Waals surface area contributed by atoms with Gasteiger partial charge in [-0.25, -0.2) is 0 Å². The number of aryl methyl sites for hydroxylation is 1. The molecule has 0 amide bonds. The smallest absolute Gasteiger partial charge is 0.0782 e.